The third kappa shape index (κ3) is 5.99. The van der Waals surface area contributed by atoms with E-state index in [0.717, 1.165) is 56.8 Å². The van der Waals surface area contributed by atoms with Crippen LogP contribution in [0.2, 0.25) is 0 Å². The Kier molecular flexibility index (Phi) is 9.56. The summed E-state index contributed by atoms with van der Waals surface area (Å²) in [5, 5.41) is 13.8. The molecule has 2 atom stereocenters. The van der Waals surface area contributed by atoms with Gasteiger partial charge in [-0.1, -0.05) is 6.42 Å². The number of imidazole rings is 1. The molecule has 186 valence electrons. The lowest BCUT2D eigenvalue weighted by Gasteiger charge is -2.44. The molecule has 12 heteroatoms. The van der Waals surface area contributed by atoms with Gasteiger partial charge in [-0.3, -0.25) is 19.3 Å². The Balaban J connectivity index is 0.000000492. The number of carbonyl (C=O) groups excluding carboxylic acids is 1. The molecule has 5 rings (SSSR count). The molecule has 34 heavy (non-hydrogen) atoms. The van der Waals surface area contributed by atoms with Crippen LogP contribution in [0.4, 0.5) is 5.82 Å². The first-order chi connectivity index (χ1) is 16.6. The van der Waals surface area contributed by atoms with E-state index in [1.54, 1.807) is 12.7 Å². The molecular formula is C22H33N7O5. The van der Waals surface area contributed by atoms with Gasteiger partial charge in [-0.05, 0) is 45.2 Å². The van der Waals surface area contributed by atoms with Crippen LogP contribution >= 0.6 is 0 Å². The second kappa shape index (κ2) is 12.8. The monoisotopic (exact) mass is 475 g/mol. The third-order valence-electron chi connectivity index (χ3n) is 6.72. The number of carboxylic acid groups (broad SMARTS) is 2. The molecule has 3 aliphatic rings. The number of carbonyl (C=O) groups is 3. The zero-order valence-electron chi connectivity index (χ0n) is 19.3. The Morgan fingerprint density at radius 3 is 2.47 bits per heavy atom. The van der Waals surface area contributed by atoms with Crippen LogP contribution in [0.3, 0.4) is 0 Å². The van der Waals surface area contributed by atoms with Crippen LogP contribution < -0.4 is 4.90 Å². The van der Waals surface area contributed by atoms with Crippen molar-refractivity contribution in [2.75, 3.05) is 44.2 Å². The summed E-state index contributed by atoms with van der Waals surface area (Å²) in [5.74, 6) is 1.47. The Morgan fingerprint density at radius 2 is 1.68 bits per heavy atom. The number of hydrogen-bond donors (Lipinski definition) is 3. The molecule has 1 amide bonds. The van der Waals surface area contributed by atoms with E-state index < -0.39 is 0 Å². The molecule has 3 aliphatic heterocycles. The summed E-state index contributed by atoms with van der Waals surface area (Å²) < 4.78 is 0. The van der Waals surface area contributed by atoms with Crippen LogP contribution in [-0.4, -0.2) is 104 Å². The molecular weight excluding hydrogens is 442 g/mol. The van der Waals surface area contributed by atoms with Crippen LogP contribution in [0.25, 0.3) is 11.2 Å². The number of aromatic amines is 1. The van der Waals surface area contributed by atoms with E-state index in [1.807, 2.05) is 0 Å². The normalized spacial score (nSPS) is 22.8. The van der Waals surface area contributed by atoms with Crippen LogP contribution in [0, 0.1) is 5.92 Å². The highest BCUT2D eigenvalue weighted by Gasteiger charge is 2.39. The number of nitrogens with one attached hydrogen (secondary N) is 1. The highest BCUT2D eigenvalue weighted by Crippen LogP contribution is 2.32. The summed E-state index contributed by atoms with van der Waals surface area (Å²) in [4.78, 5) is 53.2. The average molecular weight is 476 g/mol. The predicted octanol–water partition coefficient (Wildman–Crippen LogP) is 1.06. The minimum atomic E-state index is -0.250. The molecule has 0 unspecified atom stereocenters. The zero-order chi connectivity index (χ0) is 24.3. The summed E-state index contributed by atoms with van der Waals surface area (Å²) in [6.45, 7) is 5.16. The number of nitrogens with zero attached hydrogens (tertiary/aromatic N) is 6. The van der Waals surface area contributed by atoms with Crippen molar-refractivity contribution in [1.82, 2.24) is 29.7 Å². The second-order valence-corrected chi connectivity index (χ2v) is 8.52. The van der Waals surface area contributed by atoms with Crippen molar-refractivity contribution in [2.45, 2.75) is 44.6 Å². The first-order valence-corrected chi connectivity index (χ1v) is 11.7. The first kappa shape index (κ1) is 25.3. The van der Waals surface area contributed by atoms with Gasteiger partial charge in [0.05, 0.1) is 12.2 Å². The average Bonchev–Trinajstić information content (AvgIpc) is 3.21. The summed E-state index contributed by atoms with van der Waals surface area (Å²) in [6.07, 6.45) is 10.2. The van der Waals surface area contributed by atoms with E-state index in [9.17, 15) is 4.79 Å². The molecule has 0 spiro atoms. The fourth-order valence-corrected chi connectivity index (χ4v) is 5.32. The minimum absolute atomic E-state index is 0.193. The molecule has 3 saturated heterocycles. The number of anilines is 1. The summed E-state index contributed by atoms with van der Waals surface area (Å²) in [5.41, 5.74) is 1.58. The number of H-pyrrole nitrogens is 1. The summed E-state index contributed by atoms with van der Waals surface area (Å²) in [6, 6.07) is 0.473. The van der Waals surface area contributed by atoms with Crippen molar-refractivity contribution in [2.24, 2.45) is 5.92 Å². The van der Waals surface area contributed by atoms with Gasteiger partial charge >= 0.3 is 0 Å². The van der Waals surface area contributed by atoms with Crippen molar-refractivity contribution in [3.8, 4) is 0 Å². The van der Waals surface area contributed by atoms with Crippen LogP contribution in [-0.2, 0) is 14.4 Å². The summed E-state index contributed by atoms with van der Waals surface area (Å²) >= 11 is 0. The molecule has 3 fully saturated rings. The van der Waals surface area contributed by atoms with Crippen LogP contribution in [0.15, 0.2) is 12.7 Å². The number of piperidine rings is 2. The van der Waals surface area contributed by atoms with E-state index >= 15 is 0 Å². The number of hydrogen-bond acceptors (Lipinski definition) is 8. The van der Waals surface area contributed by atoms with Gasteiger partial charge in [0.25, 0.3) is 12.9 Å². The van der Waals surface area contributed by atoms with Crippen LogP contribution in [0.5, 0.6) is 0 Å². The molecule has 3 N–H and O–H groups in total. The Morgan fingerprint density at radius 1 is 0.912 bits per heavy atom. The van der Waals surface area contributed by atoms with Gasteiger partial charge in [0, 0.05) is 32.2 Å². The maximum Gasteiger partial charge on any atom is 0.290 e. The lowest BCUT2D eigenvalue weighted by molar-refractivity contribution is -0.140. The maximum absolute atomic E-state index is 13.4. The third-order valence-corrected chi connectivity index (χ3v) is 6.72. The zero-order valence-corrected chi connectivity index (χ0v) is 19.3. The van der Waals surface area contributed by atoms with Gasteiger partial charge < -0.3 is 25.0 Å². The van der Waals surface area contributed by atoms with Crippen LogP contribution in [0.1, 0.15) is 38.5 Å². The predicted molar refractivity (Wildman–Crippen MR) is 124 cm³/mol. The minimum Gasteiger partial charge on any atom is -0.483 e. The van der Waals surface area contributed by atoms with Crippen molar-refractivity contribution >= 4 is 35.8 Å². The lowest BCUT2D eigenvalue weighted by Crippen LogP contribution is -2.53. The lowest BCUT2D eigenvalue weighted by atomic mass is 9.82. The molecule has 2 aromatic rings. The smallest absolute Gasteiger partial charge is 0.290 e. The highest BCUT2D eigenvalue weighted by atomic mass is 16.3. The largest absolute Gasteiger partial charge is 0.483 e. The maximum atomic E-state index is 13.4. The van der Waals surface area contributed by atoms with Crippen molar-refractivity contribution < 1.29 is 24.6 Å². The highest BCUT2D eigenvalue weighted by molar-refractivity contribution is 5.83. The molecule has 0 aromatic carbocycles. The van der Waals surface area contributed by atoms with Gasteiger partial charge in [0.1, 0.15) is 11.8 Å². The quantitative estimate of drug-likeness (QED) is 0.537. The molecule has 2 aromatic heterocycles. The van der Waals surface area contributed by atoms with Crippen molar-refractivity contribution in [3.05, 3.63) is 12.7 Å². The number of aromatic nitrogens is 4. The number of amides is 1. The molecule has 0 bridgehead atoms. The molecule has 5 heterocycles. The fourth-order valence-electron chi connectivity index (χ4n) is 5.32. The first-order valence-electron chi connectivity index (χ1n) is 11.7. The van der Waals surface area contributed by atoms with E-state index in [-0.39, 0.29) is 18.9 Å². The molecule has 0 radical (unpaired) electrons. The van der Waals surface area contributed by atoms with Gasteiger partial charge in [0.15, 0.2) is 11.5 Å². The van der Waals surface area contributed by atoms with Gasteiger partial charge in [-0.15, -0.1) is 0 Å². The van der Waals surface area contributed by atoms with E-state index in [4.69, 9.17) is 19.8 Å². The number of rotatable bonds is 2. The SMILES string of the molecule is O=C([C@@H]1CCCN2CCCC[C@H]12)N1CCCN(c2ncnc3nc[nH]c23)CC1.O=CO.O=CO. The van der Waals surface area contributed by atoms with Gasteiger partial charge in [0.2, 0.25) is 5.91 Å². The standard InChI is InChI=1S/C20H29N7O.2CH2O2/c28-20(15-5-3-8-25-7-2-1-6-16(15)25)27-10-4-9-26(11-12-27)19-17-18(22-13-21-17)23-14-24-19;2*2-1-3/h13-16H,1-12H2,(H,21,22,23,24);2*1H,(H,2,3)/t15-,16-;;/m1../s1. The van der Waals surface area contributed by atoms with Crippen molar-refractivity contribution in [1.29, 1.82) is 0 Å². The van der Waals surface area contributed by atoms with E-state index in [2.05, 4.69) is 34.6 Å². The van der Waals surface area contributed by atoms with E-state index in [0.29, 0.717) is 17.6 Å². The van der Waals surface area contributed by atoms with E-state index in [1.165, 1.54) is 32.4 Å². The molecule has 12 nitrogen and oxygen atoms in total. The van der Waals surface area contributed by atoms with Crippen molar-refractivity contribution in [3.63, 3.8) is 0 Å². The second-order valence-electron chi connectivity index (χ2n) is 8.52. The Hall–Kier alpha value is -3.28. The fraction of sp³-hybridized carbons (Fsp3) is 0.636. The number of fused-ring (bicyclic) bond motifs is 2. The molecule has 0 aliphatic carbocycles. The van der Waals surface area contributed by atoms with Gasteiger partial charge in [-0.2, -0.15) is 0 Å². The molecule has 0 saturated carbocycles. The topological polar surface area (TPSA) is 156 Å². The van der Waals surface area contributed by atoms with Gasteiger partial charge in [-0.25, -0.2) is 15.0 Å². The Labute approximate surface area is 198 Å². The summed E-state index contributed by atoms with van der Waals surface area (Å²) in [7, 11) is 0. The Bertz CT molecular complexity index is 931.